The van der Waals surface area contributed by atoms with Crippen molar-refractivity contribution in [3.63, 3.8) is 0 Å². The standard InChI is InChI=1S/C37H61N5O13SSi2/c1-22-17-41(28-16-24(44)25(19-43)52-28)33(47)39(30(22)45)14-13-15-40-31(46)23(2)18-42(34(40)48)32-29(54-58(11,12)36(6,7)8)37(26(38)21-56(49,50)55-37)27(53-32)20-51-57(9,10)35(3,4)5/h17-18,21,24-25,27-29,32,43-44H,13-16,19-20,38H2,1-12H3/t24-,25+,27?,28+,29-,32+,37?/m0/s1. The molecule has 0 radical (unpaired) electrons. The lowest BCUT2D eigenvalue weighted by atomic mass is 9.89. The predicted octanol–water partition coefficient (Wildman–Crippen LogP) is 1.89. The highest BCUT2D eigenvalue weighted by molar-refractivity contribution is 7.90. The number of nitrogens with zero attached hydrogens (tertiary/aromatic N) is 4. The zero-order chi connectivity index (χ0) is 43.7. The Morgan fingerprint density at radius 1 is 0.879 bits per heavy atom. The molecule has 0 aromatic carbocycles. The first-order valence-electron chi connectivity index (χ1n) is 19.5. The van der Waals surface area contributed by atoms with Crippen molar-refractivity contribution in [1.29, 1.82) is 0 Å². The van der Waals surface area contributed by atoms with Gasteiger partial charge in [-0.05, 0) is 56.5 Å². The summed E-state index contributed by atoms with van der Waals surface area (Å²) in [5, 5.41) is 20.0. The molecule has 2 saturated heterocycles. The van der Waals surface area contributed by atoms with Crippen LogP contribution in [0.25, 0.3) is 0 Å². The molecule has 2 aromatic heterocycles. The highest BCUT2D eigenvalue weighted by Crippen LogP contribution is 2.52. The van der Waals surface area contributed by atoms with E-state index in [1.54, 1.807) is 0 Å². The fourth-order valence-electron chi connectivity index (χ4n) is 6.95. The third kappa shape index (κ3) is 8.35. The lowest BCUT2D eigenvalue weighted by molar-refractivity contribution is -0.0567. The first kappa shape index (κ1) is 46.1. The maximum atomic E-state index is 14.5. The second-order valence-corrected chi connectivity index (χ2v) is 29.7. The van der Waals surface area contributed by atoms with Crippen molar-refractivity contribution in [3.8, 4) is 0 Å². The van der Waals surface area contributed by atoms with Gasteiger partial charge in [0.25, 0.3) is 21.2 Å². The maximum Gasteiger partial charge on any atom is 0.333 e. The van der Waals surface area contributed by atoms with E-state index in [-0.39, 0.29) is 54.4 Å². The predicted molar refractivity (Wildman–Crippen MR) is 220 cm³/mol. The average molecular weight is 872 g/mol. The smallest absolute Gasteiger partial charge is 0.333 e. The lowest BCUT2D eigenvalue weighted by Gasteiger charge is -2.43. The van der Waals surface area contributed by atoms with Crippen LogP contribution in [0.5, 0.6) is 0 Å². The summed E-state index contributed by atoms with van der Waals surface area (Å²) in [7, 11) is -9.65. The van der Waals surface area contributed by atoms with Gasteiger partial charge in [-0.25, -0.2) is 13.8 Å². The van der Waals surface area contributed by atoms with E-state index in [9.17, 15) is 37.8 Å². The van der Waals surface area contributed by atoms with Gasteiger partial charge in [-0.2, -0.15) is 8.42 Å². The van der Waals surface area contributed by atoms with Crippen molar-refractivity contribution in [2.75, 3.05) is 13.2 Å². The summed E-state index contributed by atoms with van der Waals surface area (Å²) in [6, 6.07) is 0. The second kappa shape index (κ2) is 15.8. The summed E-state index contributed by atoms with van der Waals surface area (Å²) in [6.45, 7) is 22.2. The van der Waals surface area contributed by atoms with E-state index in [1.165, 1.54) is 35.4 Å². The summed E-state index contributed by atoms with van der Waals surface area (Å²) in [5.41, 5.74) is 2.15. The highest BCUT2D eigenvalue weighted by Gasteiger charge is 2.67. The van der Waals surface area contributed by atoms with Crippen molar-refractivity contribution >= 4 is 26.8 Å². The fraction of sp³-hybridized carbons (Fsp3) is 0.730. The minimum absolute atomic E-state index is 0.00993. The van der Waals surface area contributed by atoms with Crippen LogP contribution in [-0.4, -0.2) is 96.8 Å². The Kier molecular flexibility index (Phi) is 12.5. The molecule has 21 heteroatoms. The molecule has 58 heavy (non-hydrogen) atoms. The number of ether oxygens (including phenoxy) is 2. The zero-order valence-electron chi connectivity index (χ0n) is 35.6. The molecule has 0 aliphatic carbocycles. The summed E-state index contributed by atoms with van der Waals surface area (Å²) < 4.78 is 62.5. The number of nitrogens with two attached hydrogens (primary N) is 1. The van der Waals surface area contributed by atoms with E-state index in [0.717, 1.165) is 14.5 Å². The molecule has 0 bridgehead atoms. The van der Waals surface area contributed by atoms with Gasteiger partial charge in [0.2, 0.25) is 0 Å². The van der Waals surface area contributed by atoms with E-state index in [1.807, 2.05) is 47.0 Å². The third-order valence-electron chi connectivity index (χ3n) is 12.5. The molecule has 0 saturated carbocycles. The maximum absolute atomic E-state index is 14.5. The molecule has 2 fully saturated rings. The van der Waals surface area contributed by atoms with Gasteiger partial charge in [-0.3, -0.25) is 27.9 Å². The normalized spacial score (nSPS) is 27.8. The van der Waals surface area contributed by atoms with Crippen LogP contribution in [0.4, 0.5) is 0 Å². The molecular formula is C37H61N5O13SSi2. The highest BCUT2D eigenvalue weighted by atomic mass is 32.2. The van der Waals surface area contributed by atoms with E-state index in [4.69, 9.17) is 28.2 Å². The molecule has 7 atom stereocenters. The molecule has 5 heterocycles. The van der Waals surface area contributed by atoms with E-state index >= 15 is 0 Å². The molecule has 0 amide bonds. The van der Waals surface area contributed by atoms with Crippen LogP contribution in [0.15, 0.2) is 42.7 Å². The van der Waals surface area contributed by atoms with Gasteiger partial charge in [0.15, 0.2) is 28.5 Å². The summed E-state index contributed by atoms with van der Waals surface area (Å²) in [6.07, 6.45) is -3.97. The van der Waals surface area contributed by atoms with Crippen LogP contribution >= 0.6 is 0 Å². The number of aryl methyl sites for hydroxylation is 2. The summed E-state index contributed by atoms with van der Waals surface area (Å²) in [4.78, 5) is 54.9. The van der Waals surface area contributed by atoms with E-state index in [2.05, 4.69) is 20.8 Å². The first-order chi connectivity index (χ1) is 26.5. The van der Waals surface area contributed by atoms with Gasteiger partial charge < -0.3 is 34.3 Å². The Bertz CT molecular complexity index is 2290. The molecule has 4 N–H and O–H groups in total. The monoisotopic (exact) mass is 871 g/mol. The van der Waals surface area contributed by atoms with Crippen LogP contribution in [0.1, 0.15) is 78.0 Å². The molecule has 3 aliphatic rings. The first-order valence-corrected chi connectivity index (χ1v) is 26.8. The van der Waals surface area contributed by atoms with Gasteiger partial charge in [-0.15, -0.1) is 0 Å². The minimum Gasteiger partial charge on any atom is -0.414 e. The quantitative estimate of drug-likeness (QED) is 0.204. The van der Waals surface area contributed by atoms with Crippen LogP contribution in [0.2, 0.25) is 36.3 Å². The topological polar surface area (TPSA) is 235 Å². The van der Waals surface area contributed by atoms with Crippen LogP contribution in [0, 0.1) is 13.8 Å². The Morgan fingerprint density at radius 2 is 1.40 bits per heavy atom. The largest absolute Gasteiger partial charge is 0.414 e. The second-order valence-electron chi connectivity index (χ2n) is 18.7. The van der Waals surface area contributed by atoms with Crippen molar-refractivity contribution in [2.45, 2.75) is 160 Å². The number of aromatic nitrogens is 4. The molecule has 326 valence electrons. The molecule has 2 unspecified atom stereocenters. The van der Waals surface area contributed by atoms with Gasteiger partial charge in [0.1, 0.15) is 24.5 Å². The van der Waals surface area contributed by atoms with E-state index in [0.29, 0.717) is 0 Å². The van der Waals surface area contributed by atoms with Crippen molar-refractivity contribution in [3.05, 3.63) is 76.3 Å². The molecule has 5 rings (SSSR count). The SMILES string of the molecule is Cc1cn([C@@H]2OC(CO[Si](C)(C)C(C)(C)C)C3(OS(=O)(=O)C=C3N)[C@H]2O[Si](C)(C)C(C)(C)C)c(=O)n(CCCn2c(=O)c(C)cn([C@H]3C[C@H](O)[C@@H](CO)O3)c2=O)c1=O. The van der Waals surface area contributed by atoms with Gasteiger partial charge in [0, 0.05) is 43.0 Å². The van der Waals surface area contributed by atoms with Crippen molar-refractivity contribution in [2.24, 2.45) is 5.73 Å². The molecule has 3 aliphatic heterocycles. The zero-order valence-corrected chi connectivity index (χ0v) is 38.4. The molecule has 1 spiro atoms. The average Bonchev–Trinajstić information content (AvgIpc) is 3.70. The van der Waals surface area contributed by atoms with Crippen LogP contribution < -0.4 is 28.2 Å². The molecule has 18 nitrogen and oxygen atoms in total. The number of hydrogen-bond donors (Lipinski definition) is 3. The Morgan fingerprint density at radius 3 is 1.86 bits per heavy atom. The van der Waals surface area contributed by atoms with Crippen molar-refractivity contribution < 1.29 is 41.1 Å². The Balaban J connectivity index is 1.57. The van der Waals surface area contributed by atoms with Crippen molar-refractivity contribution in [1.82, 2.24) is 18.3 Å². The Labute approximate surface area is 340 Å². The van der Waals surface area contributed by atoms with Gasteiger partial charge in [0.05, 0.1) is 30.4 Å². The molecule has 2 aromatic rings. The van der Waals surface area contributed by atoms with Gasteiger partial charge >= 0.3 is 11.4 Å². The van der Waals surface area contributed by atoms with Gasteiger partial charge in [-0.1, -0.05) is 41.5 Å². The summed E-state index contributed by atoms with van der Waals surface area (Å²) >= 11 is 0. The van der Waals surface area contributed by atoms with Crippen LogP contribution in [-0.2, 0) is 45.7 Å². The number of rotatable bonds is 12. The minimum atomic E-state index is -4.33. The number of hydrogen-bond acceptors (Lipinski definition) is 14. The molecular weight excluding hydrogens is 811 g/mol. The number of aliphatic hydroxyl groups excluding tert-OH is 2. The van der Waals surface area contributed by atoms with E-state index < -0.39 is 103 Å². The van der Waals surface area contributed by atoms with Crippen LogP contribution in [0.3, 0.4) is 0 Å². The third-order valence-corrected chi connectivity index (χ3v) is 22.5. The summed E-state index contributed by atoms with van der Waals surface area (Å²) in [5.74, 6) is 0. The number of aliphatic hydroxyl groups is 2. The fourth-order valence-corrected chi connectivity index (χ4v) is 10.5. The lowest BCUT2D eigenvalue weighted by Crippen LogP contribution is -2.59. The Hall–Kier alpha value is -3.00.